The number of nitrogens with zero attached hydrogens (tertiary/aromatic N) is 4. The Morgan fingerprint density at radius 3 is 2.28 bits per heavy atom. The molecule has 194 valence electrons. The SMILES string of the molecule is COCCN(CCOC)S(=O)(=O)c1ccc(C(=O)N2CCN(c3nc4ccc(Cl)cc4s3)CC2)cc1. The summed E-state index contributed by atoms with van der Waals surface area (Å²) in [5.41, 5.74) is 1.37. The minimum Gasteiger partial charge on any atom is -0.383 e. The van der Waals surface area contributed by atoms with Crippen LogP contribution in [0, 0.1) is 0 Å². The molecule has 0 saturated carbocycles. The average Bonchev–Trinajstić information content (AvgIpc) is 3.31. The highest BCUT2D eigenvalue weighted by molar-refractivity contribution is 7.89. The topological polar surface area (TPSA) is 92.3 Å². The first-order valence-corrected chi connectivity index (χ1v) is 14.2. The smallest absolute Gasteiger partial charge is 0.253 e. The van der Waals surface area contributed by atoms with Gasteiger partial charge in [-0.3, -0.25) is 4.79 Å². The molecule has 1 aliphatic rings. The molecular weight excluding hydrogens is 524 g/mol. The number of ether oxygens (including phenoxy) is 2. The molecule has 0 atom stereocenters. The molecule has 4 rings (SSSR count). The van der Waals surface area contributed by atoms with Gasteiger partial charge in [-0.05, 0) is 42.5 Å². The van der Waals surface area contributed by atoms with E-state index in [9.17, 15) is 13.2 Å². The number of aromatic nitrogens is 1. The third-order valence-corrected chi connectivity index (χ3v) is 9.23. The van der Waals surface area contributed by atoms with Crippen LogP contribution >= 0.6 is 22.9 Å². The molecule has 2 heterocycles. The summed E-state index contributed by atoms with van der Waals surface area (Å²) in [7, 11) is -0.689. The molecule has 1 amide bonds. The zero-order valence-corrected chi connectivity index (χ0v) is 22.6. The first-order valence-electron chi connectivity index (χ1n) is 11.5. The summed E-state index contributed by atoms with van der Waals surface area (Å²) in [6.45, 7) is 3.42. The monoisotopic (exact) mass is 552 g/mol. The summed E-state index contributed by atoms with van der Waals surface area (Å²) >= 11 is 7.68. The highest BCUT2D eigenvalue weighted by Crippen LogP contribution is 2.31. The zero-order valence-electron chi connectivity index (χ0n) is 20.2. The van der Waals surface area contributed by atoms with Crippen LogP contribution in [-0.2, 0) is 19.5 Å². The van der Waals surface area contributed by atoms with Crippen molar-refractivity contribution in [2.24, 2.45) is 0 Å². The van der Waals surface area contributed by atoms with Gasteiger partial charge >= 0.3 is 0 Å². The van der Waals surface area contributed by atoms with Crippen LogP contribution in [0.25, 0.3) is 10.2 Å². The summed E-state index contributed by atoms with van der Waals surface area (Å²) in [5.74, 6) is -0.120. The van der Waals surface area contributed by atoms with Crippen LogP contribution in [-0.4, -0.2) is 95.2 Å². The van der Waals surface area contributed by atoms with Crippen LogP contribution in [0.3, 0.4) is 0 Å². The van der Waals surface area contributed by atoms with Crippen molar-refractivity contribution in [3.63, 3.8) is 0 Å². The average molecular weight is 553 g/mol. The van der Waals surface area contributed by atoms with E-state index in [4.69, 9.17) is 26.1 Å². The molecule has 9 nitrogen and oxygen atoms in total. The standard InChI is InChI=1S/C24H29ClN4O5S2/c1-33-15-13-29(14-16-34-2)36(31,32)20-6-3-18(4-7-20)23(30)27-9-11-28(12-10-27)24-26-21-8-5-19(25)17-22(21)35-24/h3-8,17H,9-16H2,1-2H3. The van der Waals surface area contributed by atoms with Crippen molar-refractivity contribution >= 4 is 54.2 Å². The fourth-order valence-electron chi connectivity index (χ4n) is 3.96. The van der Waals surface area contributed by atoms with Gasteiger partial charge in [0.25, 0.3) is 5.91 Å². The van der Waals surface area contributed by atoms with Gasteiger partial charge in [-0.25, -0.2) is 13.4 Å². The van der Waals surface area contributed by atoms with Crippen molar-refractivity contribution in [3.05, 3.63) is 53.1 Å². The van der Waals surface area contributed by atoms with Crippen LogP contribution in [0.4, 0.5) is 5.13 Å². The molecule has 2 aromatic carbocycles. The number of carbonyl (C=O) groups is 1. The number of rotatable bonds is 10. The number of fused-ring (bicyclic) bond motifs is 1. The van der Waals surface area contributed by atoms with Crippen LogP contribution in [0.15, 0.2) is 47.4 Å². The van der Waals surface area contributed by atoms with Gasteiger partial charge in [-0.15, -0.1) is 0 Å². The van der Waals surface area contributed by atoms with Crippen LogP contribution < -0.4 is 4.90 Å². The number of thiazole rings is 1. The lowest BCUT2D eigenvalue weighted by Gasteiger charge is -2.34. The fraction of sp³-hybridized carbons (Fsp3) is 0.417. The van der Waals surface area contributed by atoms with Gasteiger partial charge in [-0.2, -0.15) is 4.31 Å². The molecule has 1 aromatic heterocycles. The van der Waals surface area contributed by atoms with Crippen molar-refractivity contribution in [1.82, 2.24) is 14.2 Å². The lowest BCUT2D eigenvalue weighted by atomic mass is 10.2. The molecule has 0 aliphatic carbocycles. The maximum atomic E-state index is 13.1. The number of anilines is 1. The Bertz CT molecular complexity index is 1280. The third-order valence-electron chi connectivity index (χ3n) is 6.01. The first kappa shape index (κ1) is 26.8. The summed E-state index contributed by atoms with van der Waals surface area (Å²) in [6, 6.07) is 11.8. The maximum Gasteiger partial charge on any atom is 0.253 e. The van der Waals surface area contributed by atoms with E-state index >= 15 is 0 Å². The van der Waals surface area contributed by atoms with Gasteiger partial charge in [0, 0.05) is 64.1 Å². The number of methoxy groups -OCH3 is 2. The van der Waals surface area contributed by atoms with Gasteiger partial charge in [0.2, 0.25) is 10.0 Å². The Morgan fingerprint density at radius 2 is 1.67 bits per heavy atom. The van der Waals surface area contributed by atoms with Crippen LogP contribution in [0.1, 0.15) is 10.4 Å². The third kappa shape index (κ3) is 5.99. The highest BCUT2D eigenvalue weighted by atomic mass is 35.5. The molecule has 1 saturated heterocycles. The van der Waals surface area contributed by atoms with Crippen molar-refractivity contribution < 1.29 is 22.7 Å². The van der Waals surface area contributed by atoms with Gasteiger partial charge < -0.3 is 19.3 Å². The summed E-state index contributed by atoms with van der Waals surface area (Å²) in [4.78, 5) is 21.9. The first-order chi connectivity index (χ1) is 17.3. The van der Waals surface area contributed by atoms with E-state index in [1.807, 2.05) is 18.2 Å². The number of sulfonamides is 1. The molecule has 36 heavy (non-hydrogen) atoms. The Morgan fingerprint density at radius 1 is 1.03 bits per heavy atom. The second-order valence-corrected chi connectivity index (χ2v) is 11.7. The second kappa shape index (κ2) is 11.8. The van der Waals surface area contributed by atoms with Crippen molar-refractivity contribution in [2.45, 2.75) is 4.90 Å². The largest absolute Gasteiger partial charge is 0.383 e. The van der Waals surface area contributed by atoms with Crippen LogP contribution in [0.5, 0.6) is 0 Å². The molecule has 1 fully saturated rings. The molecule has 0 spiro atoms. The molecule has 3 aromatic rings. The van der Waals surface area contributed by atoms with Gasteiger partial charge in [-0.1, -0.05) is 22.9 Å². The number of amides is 1. The second-order valence-electron chi connectivity index (χ2n) is 8.30. The molecule has 0 N–H and O–H groups in total. The Hall–Kier alpha value is -2.28. The summed E-state index contributed by atoms with van der Waals surface area (Å²) in [5, 5.41) is 1.60. The summed E-state index contributed by atoms with van der Waals surface area (Å²) < 4.78 is 38.6. The number of piperazine rings is 1. The molecule has 0 unspecified atom stereocenters. The Balaban J connectivity index is 1.39. The number of hydrogen-bond donors (Lipinski definition) is 0. The number of hydrogen-bond acceptors (Lipinski definition) is 8. The fourth-order valence-corrected chi connectivity index (χ4v) is 6.66. The quantitative estimate of drug-likeness (QED) is 0.381. The lowest BCUT2D eigenvalue weighted by Crippen LogP contribution is -2.48. The van der Waals surface area contributed by atoms with Crippen LogP contribution in [0.2, 0.25) is 5.02 Å². The van der Waals surface area contributed by atoms with E-state index in [-0.39, 0.29) is 37.1 Å². The number of carbonyl (C=O) groups excluding carboxylic acids is 1. The Labute approximate surface area is 220 Å². The minimum atomic E-state index is -3.74. The number of benzene rings is 2. The van der Waals surface area contributed by atoms with Gasteiger partial charge in [0.1, 0.15) is 0 Å². The predicted octanol–water partition coefficient (Wildman–Crippen LogP) is 3.20. The van der Waals surface area contributed by atoms with E-state index < -0.39 is 10.0 Å². The van der Waals surface area contributed by atoms with E-state index in [0.29, 0.717) is 36.8 Å². The van der Waals surface area contributed by atoms with Gasteiger partial charge in [0.15, 0.2) is 5.13 Å². The maximum absolute atomic E-state index is 13.1. The van der Waals surface area contributed by atoms with Crippen molar-refractivity contribution in [1.29, 1.82) is 0 Å². The number of halogens is 1. The predicted molar refractivity (Wildman–Crippen MR) is 142 cm³/mol. The highest BCUT2D eigenvalue weighted by Gasteiger charge is 2.26. The molecule has 12 heteroatoms. The minimum absolute atomic E-state index is 0.120. The molecular formula is C24H29ClN4O5S2. The summed E-state index contributed by atoms with van der Waals surface area (Å²) in [6.07, 6.45) is 0. The Kier molecular flexibility index (Phi) is 8.81. The lowest BCUT2D eigenvalue weighted by molar-refractivity contribution is 0.0746. The van der Waals surface area contributed by atoms with E-state index in [2.05, 4.69) is 4.90 Å². The van der Waals surface area contributed by atoms with Gasteiger partial charge in [0.05, 0.1) is 28.3 Å². The van der Waals surface area contributed by atoms with Crippen molar-refractivity contribution in [2.75, 3.05) is 71.6 Å². The zero-order chi connectivity index (χ0) is 25.7. The van der Waals surface area contributed by atoms with Crippen molar-refractivity contribution in [3.8, 4) is 0 Å². The van der Waals surface area contributed by atoms with E-state index in [1.54, 1.807) is 28.4 Å². The molecule has 0 radical (unpaired) electrons. The normalized spacial score (nSPS) is 14.7. The van der Waals surface area contributed by atoms with E-state index in [1.165, 1.54) is 30.7 Å². The molecule has 0 bridgehead atoms. The van der Waals surface area contributed by atoms with E-state index in [0.717, 1.165) is 15.3 Å². The molecule has 1 aliphatic heterocycles.